The Bertz CT molecular complexity index is 755. The van der Waals surface area contributed by atoms with Crippen molar-refractivity contribution in [3.05, 3.63) is 48.0 Å². The zero-order chi connectivity index (χ0) is 17.8. The van der Waals surface area contributed by atoms with Crippen LogP contribution in [0, 0.1) is 0 Å². The highest BCUT2D eigenvalue weighted by Gasteiger charge is 2.21. The number of hydrogen-bond acceptors (Lipinski definition) is 5. The lowest BCUT2D eigenvalue weighted by Gasteiger charge is -2.38. The first-order chi connectivity index (χ1) is 12.1. The van der Waals surface area contributed by atoms with Gasteiger partial charge >= 0.3 is 0 Å². The zero-order valence-corrected chi connectivity index (χ0v) is 14.7. The average Bonchev–Trinajstić information content (AvgIpc) is 2.67. The molecule has 6 heteroatoms. The van der Waals surface area contributed by atoms with Crippen LogP contribution in [0.2, 0.25) is 0 Å². The number of para-hydroxylation sites is 2. The van der Waals surface area contributed by atoms with E-state index in [1.54, 1.807) is 20.2 Å². The highest BCUT2D eigenvalue weighted by Crippen LogP contribution is 2.30. The van der Waals surface area contributed by atoms with Gasteiger partial charge in [0.2, 0.25) is 0 Å². The zero-order valence-electron chi connectivity index (χ0n) is 14.7. The number of amides is 1. The third-order valence-corrected chi connectivity index (χ3v) is 4.56. The van der Waals surface area contributed by atoms with Crippen molar-refractivity contribution in [1.82, 2.24) is 5.32 Å². The van der Waals surface area contributed by atoms with Crippen LogP contribution >= 0.6 is 0 Å². The lowest BCUT2D eigenvalue weighted by molar-refractivity contribution is 0.0963. The third-order valence-electron chi connectivity index (χ3n) is 4.56. The highest BCUT2D eigenvalue weighted by atomic mass is 16.5. The van der Waals surface area contributed by atoms with E-state index in [0.717, 1.165) is 43.3 Å². The molecule has 1 saturated heterocycles. The lowest BCUT2D eigenvalue weighted by atomic mass is 10.1. The molecular weight excluding hydrogens is 316 g/mol. The number of nitrogens with two attached hydrogens (primary N) is 1. The smallest absolute Gasteiger partial charge is 0.251 e. The Morgan fingerprint density at radius 2 is 1.68 bits per heavy atom. The van der Waals surface area contributed by atoms with Gasteiger partial charge in [0.1, 0.15) is 5.75 Å². The van der Waals surface area contributed by atoms with Crippen LogP contribution in [-0.2, 0) is 0 Å². The first-order valence-corrected chi connectivity index (χ1v) is 8.38. The molecule has 2 aromatic rings. The van der Waals surface area contributed by atoms with Crippen LogP contribution in [0.3, 0.4) is 0 Å². The SMILES string of the molecule is CNC(=O)c1ccc(N2CCN(c3ccccc3OC)CC2)c(N)c1. The molecule has 3 N–H and O–H groups in total. The number of rotatable bonds is 4. The topological polar surface area (TPSA) is 70.8 Å². The Hall–Kier alpha value is -2.89. The second-order valence-corrected chi connectivity index (χ2v) is 6.00. The number of hydrogen-bond donors (Lipinski definition) is 2. The van der Waals surface area contributed by atoms with Crippen molar-refractivity contribution in [3.8, 4) is 5.75 Å². The molecule has 6 nitrogen and oxygen atoms in total. The van der Waals surface area contributed by atoms with Crippen LogP contribution in [-0.4, -0.2) is 46.2 Å². The van der Waals surface area contributed by atoms with Crippen LogP contribution in [0.25, 0.3) is 0 Å². The van der Waals surface area contributed by atoms with Gasteiger partial charge in [-0.15, -0.1) is 0 Å². The standard InChI is InChI=1S/C19H24N4O2/c1-21-19(24)14-7-8-16(15(20)13-14)22-9-11-23(12-10-22)17-5-3-4-6-18(17)25-2/h3-8,13H,9-12,20H2,1-2H3,(H,21,24). The molecule has 0 spiro atoms. The summed E-state index contributed by atoms with van der Waals surface area (Å²) in [5.41, 5.74) is 9.49. The number of nitrogen functional groups attached to an aromatic ring is 1. The summed E-state index contributed by atoms with van der Waals surface area (Å²) in [6.07, 6.45) is 0. The maximum Gasteiger partial charge on any atom is 0.251 e. The van der Waals surface area contributed by atoms with E-state index in [1.807, 2.05) is 30.3 Å². The monoisotopic (exact) mass is 340 g/mol. The molecule has 1 fully saturated rings. The lowest BCUT2D eigenvalue weighted by Crippen LogP contribution is -2.46. The van der Waals surface area contributed by atoms with Crippen molar-refractivity contribution in [3.63, 3.8) is 0 Å². The normalized spacial score (nSPS) is 14.3. The van der Waals surface area contributed by atoms with E-state index >= 15 is 0 Å². The molecule has 1 aliphatic heterocycles. The fraction of sp³-hybridized carbons (Fsp3) is 0.316. The second kappa shape index (κ2) is 7.34. The predicted octanol–water partition coefficient (Wildman–Crippen LogP) is 1.96. The number of benzene rings is 2. The maximum atomic E-state index is 11.7. The quantitative estimate of drug-likeness (QED) is 0.833. The molecule has 3 rings (SSSR count). The van der Waals surface area contributed by atoms with Gasteiger partial charge in [-0.2, -0.15) is 0 Å². The summed E-state index contributed by atoms with van der Waals surface area (Å²) in [4.78, 5) is 16.3. The number of nitrogens with one attached hydrogen (secondary N) is 1. The summed E-state index contributed by atoms with van der Waals surface area (Å²) in [7, 11) is 3.31. The van der Waals surface area contributed by atoms with Crippen molar-refractivity contribution in [2.75, 3.05) is 55.9 Å². The summed E-state index contributed by atoms with van der Waals surface area (Å²) in [6, 6.07) is 13.6. The van der Waals surface area contributed by atoms with Crippen LogP contribution in [0.1, 0.15) is 10.4 Å². The molecule has 1 heterocycles. The molecule has 1 amide bonds. The van der Waals surface area contributed by atoms with Crippen LogP contribution < -0.4 is 25.6 Å². The van der Waals surface area contributed by atoms with Gasteiger partial charge in [-0.25, -0.2) is 0 Å². The van der Waals surface area contributed by atoms with Gasteiger partial charge in [-0.05, 0) is 30.3 Å². The molecule has 0 aliphatic carbocycles. The predicted molar refractivity (Wildman–Crippen MR) is 102 cm³/mol. The molecule has 0 unspecified atom stereocenters. The van der Waals surface area contributed by atoms with Crippen LogP contribution in [0.4, 0.5) is 17.1 Å². The summed E-state index contributed by atoms with van der Waals surface area (Å²) in [5, 5.41) is 2.62. The van der Waals surface area contributed by atoms with E-state index in [4.69, 9.17) is 10.5 Å². The van der Waals surface area contributed by atoms with Gasteiger partial charge in [0.15, 0.2) is 0 Å². The number of piperazine rings is 1. The van der Waals surface area contributed by atoms with Crippen molar-refractivity contribution in [2.24, 2.45) is 0 Å². The molecule has 0 aromatic heterocycles. The number of methoxy groups -OCH3 is 1. The van der Waals surface area contributed by atoms with E-state index in [2.05, 4.69) is 21.2 Å². The van der Waals surface area contributed by atoms with E-state index in [1.165, 1.54) is 0 Å². The van der Waals surface area contributed by atoms with Crippen LogP contribution in [0.5, 0.6) is 5.75 Å². The number of nitrogens with zero attached hydrogens (tertiary/aromatic N) is 2. The fourth-order valence-corrected chi connectivity index (χ4v) is 3.21. The summed E-state index contributed by atoms with van der Waals surface area (Å²) < 4.78 is 5.46. The molecule has 0 atom stereocenters. The van der Waals surface area contributed by atoms with Crippen LogP contribution in [0.15, 0.2) is 42.5 Å². The number of ether oxygens (including phenoxy) is 1. The molecule has 0 saturated carbocycles. The molecule has 25 heavy (non-hydrogen) atoms. The average molecular weight is 340 g/mol. The third kappa shape index (κ3) is 3.47. The fourth-order valence-electron chi connectivity index (χ4n) is 3.21. The van der Waals surface area contributed by atoms with Crippen molar-refractivity contribution in [2.45, 2.75) is 0 Å². The first kappa shape index (κ1) is 17.0. The van der Waals surface area contributed by atoms with E-state index in [0.29, 0.717) is 11.3 Å². The van der Waals surface area contributed by atoms with Gasteiger partial charge in [0.25, 0.3) is 5.91 Å². The largest absolute Gasteiger partial charge is 0.495 e. The maximum absolute atomic E-state index is 11.7. The summed E-state index contributed by atoms with van der Waals surface area (Å²) >= 11 is 0. The van der Waals surface area contributed by atoms with Gasteiger partial charge in [-0.3, -0.25) is 4.79 Å². The van der Waals surface area contributed by atoms with Gasteiger partial charge in [0.05, 0.1) is 24.2 Å². The molecular formula is C19H24N4O2. The first-order valence-electron chi connectivity index (χ1n) is 8.38. The van der Waals surface area contributed by atoms with Gasteiger partial charge in [0, 0.05) is 38.8 Å². The summed E-state index contributed by atoms with van der Waals surface area (Å²) in [6.45, 7) is 3.50. The van der Waals surface area contributed by atoms with E-state index < -0.39 is 0 Å². The number of anilines is 3. The Kier molecular flexibility index (Phi) is 4.97. The Morgan fingerprint density at radius 1 is 1.04 bits per heavy atom. The molecule has 132 valence electrons. The number of carbonyl (C=O) groups is 1. The minimum Gasteiger partial charge on any atom is -0.495 e. The van der Waals surface area contributed by atoms with Crippen molar-refractivity contribution >= 4 is 23.0 Å². The van der Waals surface area contributed by atoms with E-state index in [-0.39, 0.29) is 5.91 Å². The van der Waals surface area contributed by atoms with Crippen molar-refractivity contribution in [1.29, 1.82) is 0 Å². The highest BCUT2D eigenvalue weighted by molar-refractivity contribution is 5.96. The minimum absolute atomic E-state index is 0.126. The number of carbonyl (C=O) groups excluding carboxylic acids is 1. The summed E-state index contributed by atoms with van der Waals surface area (Å²) in [5.74, 6) is 0.768. The van der Waals surface area contributed by atoms with Crippen molar-refractivity contribution < 1.29 is 9.53 Å². The van der Waals surface area contributed by atoms with Gasteiger partial charge in [-0.1, -0.05) is 12.1 Å². The molecule has 1 aliphatic rings. The molecule has 0 bridgehead atoms. The van der Waals surface area contributed by atoms with E-state index in [9.17, 15) is 4.79 Å². The minimum atomic E-state index is -0.126. The molecule has 0 radical (unpaired) electrons. The Morgan fingerprint density at radius 3 is 2.28 bits per heavy atom. The second-order valence-electron chi connectivity index (χ2n) is 6.00. The Labute approximate surface area is 148 Å². The van der Waals surface area contributed by atoms with Gasteiger partial charge < -0.3 is 25.6 Å². The Balaban J connectivity index is 1.71. The molecule has 2 aromatic carbocycles.